The molecule has 0 spiro atoms. The topological polar surface area (TPSA) is 71.7 Å². The van der Waals surface area contributed by atoms with E-state index < -0.39 is 6.61 Å². The molecule has 2 N–H and O–H groups in total. The van der Waals surface area contributed by atoms with Crippen LogP contribution in [0.5, 0.6) is 5.75 Å². The number of nitrogens with two attached hydrogens (primary N) is 1. The Kier molecular flexibility index (Phi) is 7.13. The number of carbonyl (C=O) groups excluding carboxylic acids is 1. The summed E-state index contributed by atoms with van der Waals surface area (Å²) in [6.45, 7) is 0.217. The molecule has 1 saturated heterocycles. The predicted octanol–water partition coefficient (Wildman–Crippen LogP) is 2.71. The van der Waals surface area contributed by atoms with Crippen LogP contribution in [0.15, 0.2) is 30.5 Å². The summed E-state index contributed by atoms with van der Waals surface area (Å²) in [5.74, 6) is -0.386. The van der Waals surface area contributed by atoms with Crippen LogP contribution in [-0.2, 0) is 6.54 Å². The Morgan fingerprint density at radius 1 is 1.27 bits per heavy atom. The van der Waals surface area contributed by atoms with Gasteiger partial charge in [-0.3, -0.25) is 9.69 Å². The van der Waals surface area contributed by atoms with Gasteiger partial charge in [0, 0.05) is 43.8 Å². The zero-order chi connectivity index (χ0) is 17.8. The lowest BCUT2D eigenvalue weighted by Crippen LogP contribution is -2.48. The van der Waals surface area contributed by atoms with E-state index in [0.29, 0.717) is 31.3 Å². The highest BCUT2D eigenvalue weighted by atomic mass is 35.5. The van der Waals surface area contributed by atoms with Crippen molar-refractivity contribution in [3.8, 4) is 5.75 Å². The third kappa shape index (κ3) is 5.03. The number of alkyl halides is 2. The number of thiazole rings is 1. The molecule has 0 saturated carbocycles. The number of amides is 1. The van der Waals surface area contributed by atoms with Gasteiger partial charge in [-0.15, -0.1) is 23.7 Å². The summed E-state index contributed by atoms with van der Waals surface area (Å²) in [6.07, 6.45) is 1.76. The summed E-state index contributed by atoms with van der Waals surface area (Å²) in [5, 5.41) is 0.541. The minimum Gasteiger partial charge on any atom is -0.434 e. The largest absolute Gasteiger partial charge is 0.434 e. The molecule has 2 heterocycles. The normalized spacial score (nSPS) is 15.0. The Bertz CT molecular complexity index is 739. The van der Waals surface area contributed by atoms with E-state index in [1.54, 1.807) is 23.2 Å². The zero-order valence-corrected chi connectivity index (χ0v) is 15.4. The van der Waals surface area contributed by atoms with Gasteiger partial charge < -0.3 is 15.4 Å². The Labute approximate surface area is 160 Å². The molecule has 6 nitrogen and oxygen atoms in total. The van der Waals surface area contributed by atoms with Crippen LogP contribution in [0, 0.1) is 0 Å². The fourth-order valence-corrected chi connectivity index (χ4v) is 3.46. The minimum absolute atomic E-state index is 0. The second kappa shape index (κ2) is 9.11. The molecule has 1 aliphatic heterocycles. The van der Waals surface area contributed by atoms with E-state index in [2.05, 4.69) is 14.6 Å². The molecule has 1 amide bonds. The smallest absolute Gasteiger partial charge is 0.387 e. The highest BCUT2D eigenvalue weighted by Crippen LogP contribution is 2.23. The van der Waals surface area contributed by atoms with E-state index in [4.69, 9.17) is 5.73 Å². The number of piperazine rings is 1. The molecule has 0 unspecified atom stereocenters. The minimum atomic E-state index is -2.96. The molecular weight excluding hydrogens is 386 g/mol. The number of benzene rings is 1. The first kappa shape index (κ1) is 20.3. The van der Waals surface area contributed by atoms with E-state index in [1.165, 1.54) is 23.5 Å². The van der Waals surface area contributed by atoms with E-state index >= 15 is 0 Å². The average molecular weight is 405 g/mol. The molecule has 1 fully saturated rings. The molecular formula is C16H19ClF2N4O2S. The van der Waals surface area contributed by atoms with Crippen LogP contribution >= 0.6 is 23.7 Å². The van der Waals surface area contributed by atoms with Crippen LogP contribution in [0.1, 0.15) is 15.2 Å². The molecule has 0 radical (unpaired) electrons. The third-order valence-electron chi connectivity index (χ3n) is 3.94. The van der Waals surface area contributed by atoms with Gasteiger partial charge in [-0.2, -0.15) is 8.78 Å². The van der Waals surface area contributed by atoms with E-state index in [9.17, 15) is 13.6 Å². The second-order valence-corrected chi connectivity index (χ2v) is 6.75. The second-order valence-electron chi connectivity index (χ2n) is 5.61. The first-order chi connectivity index (χ1) is 12.0. The molecule has 10 heteroatoms. The van der Waals surface area contributed by atoms with Gasteiger partial charge in [0.15, 0.2) is 5.13 Å². The van der Waals surface area contributed by atoms with Crippen molar-refractivity contribution < 1.29 is 18.3 Å². The van der Waals surface area contributed by atoms with Gasteiger partial charge in [-0.05, 0) is 12.1 Å². The quantitative estimate of drug-likeness (QED) is 0.829. The van der Waals surface area contributed by atoms with Crippen molar-refractivity contribution in [1.29, 1.82) is 0 Å². The van der Waals surface area contributed by atoms with E-state index in [0.717, 1.165) is 11.4 Å². The van der Waals surface area contributed by atoms with Crippen molar-refractivity contribution in [2.24, 2.45) is 0 Å². The maximum Gasteiger partial charge on any atom is 0.387 e. The summed E-state index contributed by atoms with van der Waals surface area (Å²) < 4.78 is 29.4. The van der Waals surface area contributed by atoms with E-state index in [1.807, 2.05) is 0 Å². The van der Waals surface area contributed by atoms with Crippen molar-refractivity contribution in [1.82, 2.24) is 14.8 Å². The van der Waals surface area contributed by atoms with Gasteiger partial charge in [-0.25, -0.2) is 4.98 Å². The van der Waals surface area contributed by atoms with Gasteiger partial charge in [0.2, 0.25) is 0 Å². The Morgan fingerprint density at radius 3 is 2.58 bits per heavy atom. The third-order valence-corrected chi connectivity index (χ3v) is 4.76. The highest BCUT2D eigenvalue weighted by molar-refractivity contribution is 7.15. The lowest BCUT2D eigenvalue weighted by molar-refractivity contribution is -0.0503. The number of aromatic nitrogens is 1. The van der Waals surface area contributed by atoms with Crippen LogP contribution < -0.4 is 10.5 Å². The van der Waals surface area contributed by atoms with Crippen LogP contribution in [-0.4, -0.2) is 53.5 Å². The average Bonchev–Trinajstić information content (AvgIpc) is 3.00. The fraction of sp³-hybridized carbons (Fsp3) is 0.375. The van der Waals surface area contributed by atoms with Gasteiger partial charge in [0.05, 0.1) is 5.56 Å². The molecule has 3 rings (SSSR count). The summed E-state index contributed by atoms with van der Waals surface area (Å²) >= 11 is 1.45. The number of para-hydroxylation sites is 1. The van der Waals surface area contributed by atoms with Crippen molar-refractivity contribution in [2.75, 3.05) is 31.9 Å². The number of hydrogen-bond donors (Lipinski definition) is 1. The van der Waals surface area contributed by atoms with Crippen LogP contribution in [0.3, 0.4) is 0 Å². The summed E-state index contributed by atoms with van der Waals surface area (Å²) in [5.41, 5.74) is 5.79. The Balaban J connectivity index is 0.00000243. The first-order valence-corrected chi connectivity index (χ1v) is 8.60. The highest BCUT2D eigenvalue weighted by Gasteiger charge is 2.25. The van der Waals surface area contributed by atoms with Gasteiger partial charge in [0.1, 0.15) is 5.75 Å². The lowest BCUT2D eigenvalue weighted by Gasteiger charge is -2.34. The molecule has 0 atom stereocenters. The van der Waals surface area contributed by atoms with Crippen molar-refractivity contribution in [3.05, 3.63) is 40.9 Å². The molecule has 0 aliphatic carbocycles. The number of ether oxygens (including phenoxy) is 1. The van der Waals surface area contributed by atoms with Gasteiger partial charge in [-0.1, -0.05) is 12.1 Å². The first-order valence-electron chi connectivity index (χ1n) is 7.78. The number of hydrogen-bond acceptors (Lipinski definition) is 6. The van der Waals surface area contributed by atoms with Crippen LogP contribution in [0.25, 0.3) is 0 Å². The van der Waals surface area contributed by atoms with E-state index in [-0.39, 0.29) is 29.6 Å². The van der Waals surface area contributed by atoms with Gasteiger partial charge >= 0.3 is 6.61 Å². The number of rotatable bonds is 5. The molecule has 142 valence electrons. The fourth-order valence-electron chi connectivity index (χ4n) is 2.74. The van der Waals surface area contributed by atoms with Crippen LogP contribution in [0.2, 0.25) is 0 Å². The molecule has 1 aromatic heterocycles. The van der Waals surface area contributed by atoms with Crippen molar-refractivity contribution in [3.63, 3.8) is 0 Å². The van der Waals surface area contributed by atoms with Crippen molar-refractivity contribution >= 4 is 34.8 Å². The Morgan fingerprint density at radius 2 is 1.96 bits per heavy atom. The standard InChI is InChI=1S/C16H18F2N4O2S.ClH/c17-15(18)24-13-4-2-1-3-12(13)14(23)22-7-5-21(6-8-22)10-11-9-20-16(19)25-11;/h1-4,9,15H,5-8,10H2,(H2,19,20);1H. The lowest BCUT2D eigenvalue weighted by atomic mass is 10.1. The SMILES string of the molecule is Cl.Nc1ncc(CN2CCN(C(=O)c3ccccc3OC(F)F)CC2)s1. The number of halogens is 3. The summed E-state index contributed by atoms with van der Waals surface area (Å²) in [4.78, 5) is 21.6. The predicted molar refractivity (Wildman–Crippen MR) is 98.0 cm³/mol. The van der Waals surface area contributed by atoms with Gasteiger partial charge in [0.25, 0.3) is 5.91 Å². The number of carbonyl (C=O) groups is 1. The summed E-state index contributed by atoms with van der Waals surface area (Å²) in [7, 11) is 0. The molecule has 1 aliphatic rings. The molecule has 2 aromatic rings. The summed E-state index contributed by atoms with van der Waals surface area (Å²) in [6, 6.07) is 6.08. The molecule has 0 bridgehead atoms. The Hall–Kier alpha value is -1.97. The number of nitrogens with zero attached hydrogens (tertiary/aromatic N) is 3. The maximum atomic E-state index is 12.6. The molecule has 1 aromatic carbocycles. The zero-order valence-electron chi connectivity index (χ0n) is 13.8. The number of anilines is 1. The monoisotopic (exact) mass is 404 g/mol. The maximum absolute atomic E-state index is 12.6. The molecule has 26 heavy (non-hydrogen) atoms. The van der Waals surface area contributed by atoms with Crippen LogP contribution in [0.4, 0.5) is 13.9 Å². The number of nitrogen functional groups attached to an aromatic ring is 1. The van der Waals surface area contributed by atoms with Crippen molar-refractivity contribution in [2.45, 2.75) is 13.2 Å².